The molecule has 8 heteroatoms. The Morgan fingerprint density at radius 1 is 1.33 bits per heavy atom. The predicted octanol–water partition coefficient (Wildman–Crippen LogP) is 4.70. The number of nitrogens with one attached hydrogen (secondary N) is 1. The summed E-state index contributed by atoms with van der Waals surface area (Å²) in [5, 5.41) is 8.08. The quantitative estimate of drug-likeness (QED) is 0.604. The van der Waals surface area contributed by atoms with Gasteiger partial charge in [-0.05, 0) is 49.6 Å². The molecule has 6 nitrogen and oxygen atoms in total. The first-order valence-corrected chi connectivity index (χ1v) is 9.93. The van der Waals surface area contributed by atoms with Crippen molar-refractivity contribution in [1.82, 2.24) is 15.1 Å². The van der Waals surface area contributed by atoms with Crippen LogP contribution in [-0.2, 0) is 4.79 Å². The first-order valence-electron chi connectivity index (χ1n) is 8.57. The molecule has 0 spiro atoms. The van der Waals surface area contributed by atoms with E-state index in [-0.39, 0.29) is 11.7 Å². The Morgan fingerprint density at radius 3 is 2.96 bits per heavy atom. The van der Waals surface area contributed by atoms with Crippen LogP contribution >= 0.6 is 23.4 Å². The Kier molecular flexibility index (Phi) is 5.13. The maximum Gasteiger partial charge on any atom is 0.258 e. The van der Waals surface area contributed by atoms with Crippen LogP contribution in [0.4, 0.5) is 5.69 Å². The normalized spacial score (nSPS) is 13.6. The number of nitrogens with zero attached hydrogens (tertiary/aromatic N) is 3. The number of halogens is 1. The van der Waals surface area contributed by atoms with Crippen molar-refractivity contribution in [3.63, 3.8) is 0 Å². The summed E-state index contributed by atoms with van der Waals surface area (Å²) in [7, 11) is 0. The Morgan fingerprint density at radius 2 is 2.19 bits per heavy atom. The molecule has 1 aromatic carbocycles. The summed E-state index contributed by atoms with van der Waals surface area (Å²) in [5.41, 5.74) is 2.45. The van der Waals surface area contributed by atoms with Gasteiger partial charge in [0, 0.05) is 17.7 Å². The Hall–Kier alpha value is -2.38. The summed E-state index contributed by atoms with van der Waals surface area (Å²) < 4.78 is 5.34. The number of aromatic nitrogens is 3. The van der Waals surface area contributed by atoms with Crippen molar-refractivity contribution in [3.8, 4) is 11.5 Å². The lowest BCUT2D eigenvalue weighted by Gasteiger charge is -2.07. The van der Waals surface area contributed by atoms with Crippen LogP contribution in [0.2, 0.25) is 5.02 Å². The molecule has 3 aromatic rings. The van der Waals surface area contributed by atoms with Gasteiger partial charge in [0.25, 0.3) is 5.89 Å². The molecule has 0 unspecified atom stereocenters. The summed E-state index contributed by atoms with van der Waals surface area (Å²) >= 11 is 7.49. The highest BCUT2D eigenvalue weighted by Crippen LogP contribution is 2.39. The van der Waals surface area contributed by atoms with Crippen LogP contribution in [0.15, 0.2) is 46.1 Å². The van der Waals surface area contributed by atoms with Crippen LogP contribution in [0.25, 0.3) is 11.5 Å². The van der Waals surface area contributed by atoms with Crippen molar-refractivity contribution >= 4 is 35.0 Å². The number of thioether (sulfide) groups is 1. The van der Waals surface area contributed by atoms with E-state index in [0.29, 0.717) is 27.5 Å². The zero-order valence-electron chi connectivity index (χ0n) is 14.6. The number of carbonyl (C=O) groups is 1. The minimum Gasteiger partial charge on any atom is -0.334 e. The molecule has 0 saturated heterocycles. The SMILES string of the molecule is Cc1ccc(NC(=O)CSc2cc(-c3nc(C4CC4)no3)ccn2)c(Cl)c1. The van der Waals surface area contributed by atoms with Gasteiger partial charge in [-0.3, -0.25) is 4.79 Å². The van der Waals surface area contributed by atoms with Crippen molar-refractivity contribution in [2.24, 2.45) is 0 Å². The van der Waals surface area contributed by atoms with Gasteiger partial charge in [-0.25, -0.2) is 4.98 Å². The Bertz CT molecular complexity index is 987. The third-order valence-corrected chi connectivity index (χ3v) is 5.35. The van der Waals surface area contributed by atoms with Gasteiger partial charge in [0.1, 0.15) is 0 Å². The van der Waals surface area contributed by atoms with Gasteiger partial charge in [-0.2, -0.15) is 4.98 Å². The molecule has 138 valence electrons. The van der Waals surface area contributed by atoms with Gasteiger partial charge in [-0.1, -0.05) is 34.6 Å². The largest absolute Gasteiger partial charge is 0.334 e. The zero-order valence-corrected chi connectivity index (χ0v) is 16.2. The molecule has 4 rings (SSSR count). The second-order valence-electron chi connectivity index (χ2n) is 6.43. The molecule has 0 bridgehead atoms. The topological polar surface area (TPSA) is 80.9 Å². The molecule has 2 aromatic heterocycles. The van der Waals surface area contributed by atoms with E-state index >= 15 is 0 Å². The first-order chi connectivity index (χ1) is 13.1. The smallest absolute Gasteiger partial charge is 0.258 e. The third kappa shape index (κ3) is 4.48. The fourth-order valence-electron chi connectivity index (χ4n) is 2.53. The number of hydrogen-bond acceptors (Lipinski definition) is 6. The molecule has 0 aliphatic heterocycles. The Balaban J connectivity index is 1.38. The van der Waals surface area contributed by atoms with E-state index in [0.717, 1.165) is 29.8 Å². The lowest BCUT2D eigenvalue weighted by molar-refractivity contribution is -0.113. The molecular formula is C19H17ClN4O2S. The Labute approximate surface area is 165 Å². The van der Waals surface area contributed by atoms with E-state index in [9.17, 15) is 4.79 Å². The van der Waals surface area contributed by atoms with Crippen molar-refractivity contribution < 1.29 is 9.32 Å². The second kappa shape index (κ2) is 7.70. The number of amides is 1. The van der Waals surface area contributed by atoms with E-state index in [2.05, 4.69) is 20.4 Å². The molecule has 1 fully saturated rings. The van der Waals surface area contributed by atoms with E-state index < -0.39 is 0 Å². The van der Waals surface area contributed by atoms with Crippen LogP contribution in [0, 0.1) is 6.92 Å². The molecular weight excluding hydrogens is 384 g/mol. The van der Waals surface area contributed by atoms with Crippen molar-refractivity contribution in [3.05, 3.63) is 52.9 Å². The van der Waals surface area contributed by atoms with Crippen LogP contribution in [0.1, 0.15) is 30.1 Å². The minimum absolute atomic E-state index is 0.147. The summed E-state index contributed by atoms with van der Waals surface area (Å²) in [4.78, 5) is 20.9. The molecule has 27 heavy (non-hydrogen) atoms. The first kappa shape index (κ1) is 18.0. The molecule has 2 heterocycles. The van der Waals surface area contributed by atoms with Gasteiger partial charge in [-0.15, -0.1) is 0 Å². The van der Waals surface area contributed by atoms with E-state index in [1.54, 1.807) is 12.3 Å². The summed E-state index contributed by atoms with van der Waals surface area (Å²) in [6.07, 6.45) is 3.92. The predicted molar refractivity (Wildman–Crippen MR) is 105 cm³/mol. The van der Waals surface area contributed by atoms with Crippen LogP contribution in [0.5, 0.6) is 0 Å². The molecule has 1 amide bonds. The molecule has 1 aliphatic rings. The van der Waals surface area contributed by atoms with E-state index in [1.165, 1.54) is 11.8 Å². The van der Waals surface area contributed by atoms with Crippen LogP contribution in [0.3, 0.4) is 0 Å². The number of rotatable bonds is 6. The molecule has 1 N–H and O–H groups in total. The summed E-state index contributed by atoms with van der Waals surface area (Å²) in [5.74, 6) is 1.77. The van der Waals surface area contributed by atoms with Crippen molar-refractivity contribution in [1.29, 1.82) is 0 Å². The maximum absolute atomic E-state index is 12.2. The lowest BCUT2D eigenvalue weighted by Crippen LogP contribution is -2.14. The molecule has 0 radical (unpaired) electrons. The second-order valence-corrected chi connectivity index (χ2v) is 7.84. The van der Waals surface area contributed by atoms with E-state index in [1.807, 2.05) is 31.2 Å². The summed E-state index contributed by atoms with van der Waals surface area (Å²) in [6, 6.07) is 9.18. The highest BCUT2D eigenvalue weighted by Gasteiger charge is 2.29. The van der Waals surface area contributed by atoms with Crippen molar-refractivity contribution in [2.45, 2.75) is 30.7 Å². The molecule has 1 aliphatic carbocycles. The lowest BCUT2D eigenvalue weighted by atomic mass is 10.2. The standard InChI is InChI=1S/C19H17ClN4O2S/c1-11-2-5-15(14(20)8-11)22-16(25)10-27-17-9-13(6-7-21-17)19-23-18(24-26-19)12-3-4-12/h2,5-9,12H,3-4,10H2,1H3,(H,22,25). The third-order valence-electron chi connectivity index (χ3n) is 4.12. The fraction of sp³-hybridized carbons (Fsp3) is 0.263. The van der Waals surface area contributed by atoms with Crippen molar-refractivity contribution in [2.75, 3.05) is 11.1 Å². The van der Waals surface area contributed by atoms with Crippen LogP contribution in [-0.4, -0.2) is 26.8 Å². The fourth-order valence-corrected chi connectivity index (χ4v) is 3.51. The highest BCUT2D eigenvalue weighted by molar-refractivity contribution is 7.99. The number of hydrogen-bond donors (Lipinski definition) is 1. The summed E-state index contributed by atoms with van der Waals surface area (Å²) in [6.45, 7) is 1.95. The maximum atomic E-state index is 12.2. The average molecular weight is 401 g/mol. The van der Waals surface area contributed by atoms with Gasteiger partial charge < -0.3 is 9.84 Å². The number of aryl methyl sites for hydroxylation is 1. The van der Waals surface area contributed by atoms with Gasteiger partial charge in [0.15, 0.2) is 5.82 Å². The monoisotopic (exact) mass is 400 g/mol. The number of anilines is 1. The van der Waals surface area contributed by atoms with Gasteiger partial charge >= 0.3 is 0 Å². The average Bonchev–Trinajstić information content (AvgIpc) is 3.39. The number of carbonyl (C=O) groups excluding carboxylic acids is 1. The highest BCUT2D eigenvalue weighted by atomic mass is 35.5. The van der Waals surface area contributed by atoms with E-state index in [4.69, 9.17) is 16.1 Å². The van der Waals surface area contributed by atoms with Gasteiger partial charge in [0.2, 0.25) is 5.91 Å². The number of pyridine rings is 1. The molecule has 0 atom stereocenters. The van der Waals surface area contributed by atoms with Gasteiger partial charge in [0.05, 0.1) is 21.5 Å². The zero-order chi connectivity index (χ0) is 18.8. The number of benzene rings is 1. The van der Waals surface area contributed by atoms with Crippen LogP contribution < -0.4 is 5.32 Å². The minimum atomic E-state index is -0.147. The molecule has 1 saturated carbocycles.